The van der Waals surface area contributed by atoms with Crippen LogP contribution in [0.15, 0.2) is 0 Å². The minimum Gasteiger partial charge on any atom is -0.396 e. The third kappa shape index (κ3) is 9.88. The second kappa shape index (κ2) is 8.97. The lowest BCUT2D eigenvalue weighted by Crippen LogP contribution is -2.22. The van der Waals surface area contributed by atoms with E-state index in [4.69, 9.17) is 5.11 Å². The third-order valence-corrected chi connectivity index (χ3v) is 1.72. The van der Waals surface area contributed by atoms with Crippen molar-refractivity contribution in [3.8, 4) is 0 Å². The van der Waals surface area contributed by atoms with Gasteiger partial charge in [0.05, 0.1) is 0 Å². The lowest BCUT2D eigenvalue weighted by atomic mass is 10.3. The van der Waals surface area contributed by atoms with E-state index in [2.05, 4.69) is 24.3 Å². The van der Waals surface area contributed by atoms with Crippen molar-refractivity contribution < 1.29 is 5.11 Å². The van der Waals surface area contributed by atoms with Crippen molar-refractivity contribution in [1.29, 1.82) is 0 Å². The maximum Gasteiger partial charge on any atom is 0.0431 e. The zero-order valence-corrected chi connectivity index (χ0v) is 8.34. The van der Waals surface area contributed by atoms with Crippen LogP contribution in [-0.2, 0) is 0 Å². The van der Waals surface area contributed by atoms with E-state index in [1.807, 2.05) is 0 Å². The summed E-state index contributed by atoms with van der Waals surface area (Å²) < 4.78 is 0. The Kier molecular flexibility index (Phi) is 8.88. The van der Waals surface area contributed by atoms with Crippen molar-refractivity contribution in [3.63, 3.8) is 0 Å². The number of aliphatic hydroxyl groups is 1. The number of hydrogen-bond donors (Lipinski definition) is 2. The molecule has 3 nitrogen and oxygen atoms in total. The maximum absolute atomic E-state index is 8.51. The van der Waals surface area contributed by atoms with E-state index in [9.17, 15) is 0 Å². The molecule has 0 fully saturated rings. The molecule has 0 heterocycles. The van der Waals surface area contributed by atoms with Crippen LogP contribution in [-0.4, -0.2) is 50.3 Å². The molecule has 3 heteroatoms. The van der Waals surface area contributed by atoms with Gasteiger partial charge in [-0.3, -0.25) is 0 Å². The summed E-state index contributed by atoms with van der Waals surface area (Å²) >= 11 is 0. The van der Waals surface area contributed by atoms with Gasteiger partial charge in [0, 0.05) is 6.61 Å². The zero-order valence-electron chi connectivity index (χ0n) is 8.34. The molecule has 0 aliphatic heterocycles. The Bertz CT molecular complexity index is 86.6. The van der Waals surface area contributed by atoms with Gasteiger partial charge in [-0.05, 0) is 53.0 Å². The summed E-state index contributed by atoms with van der Waals surface area (Å²) in [6.07, 6.45) is 3.20. The fraction of sp³-hybridized carbons (Fsp3) is 1.00. The summed E-state index contributed by atoms with van der Waals surface area (Å²) in [4.78, 5) is 2.19. The molecule has 0 radical (unpaired) electrons. The monoisotopic (exact) mass is 174 g/mol. The Labute approximate surface area is 75.8 Å². The number of rotatable bonds is 8. The molecule has 0 spiro atoms. The highest BCUT2D eigenvalue weighted by molar-refractivity contribution is 4.50. The average Bonchev–Trinajstić information content (AvgIpc) is 2.02. The van der Waals surface area contributed by atoms with Crippen molar-refractivity contribution in [2.45, 2.75) is 19.3 Å². The average molecular weight is 174 g/mol. The van der Waals surface area contributed by atoms with Gasteiger partial charge in [0.25, 0.3) is 0 Å². The van der Waals surface area contributed by atoms with Gasteiger partial charge in [-0.2, -0.15) is 0 Å². The minimum atomic E-state index is 0.319. The fourth-order valence-corrected chi connectivity index (χ4v) is 1.01. The number of aliphatic hydroxyl groups excluding tert-OH is 1. The molecule has 0 bridgehead atoms. The highest BCUT2D eigenvalue weighted by Crippen LogP contribution is 1.85. The number of unbranched alkanes of at least 4 members (excludes halogenated alkanes) is 1. The standard InChI is InChI=1S/C9H22N2O/c1-11(2)8-5-7-10-6-3-4-9-12/h10,12H,3-9H2,1-2H3. The topological polar surface area (TPSA) is 35.5 Å². The summed E-state index contributed by atoms with van der Waals surface area (Å²) in [5.74, 6) is 0. The largest absolute Gasteiger partial charge is 0.396 e. The summed E-state index contributed by atoms with van der Waals surface area (Å²) in [5.41, 5.74) is 0. The van der Waals surface area contributed by atoms with Gasteiger partial charge in [-0.15, -0.1) is 0 Å². The van der Waals surface area contributed by atoms with Crippen LogP contribution in [0.25, 0.3) is 0 Å². The molecule has 2 N–H and O–H groups in total. The van der Waals surface area contributed by atoms with Crippen molar-refractivity contribution in [2.24, 2.45) is 0 Å². The predicted octanol–water partition coefficient (Wildman–Crippen LogP) is 0.300. The van der Waals surface area contributed by atoms with E-state index in [-0.39, 0.29) is 0 Å². The van der Waals surface area contributed by atoms with Crippen LogP contribution in [0.4, 0.5) is 0 Å². The van der Waals surface area contributed by atoms with Crippen molar-refractivity contribution in [3.05, 3.63) is 0 Å². The molecule has 0 amide bonds. The van der Waals surface area contributed by atoms with Crippen LogP contribution >= 0.6 is 0 Å². The number of nitrogens with one attached hydrogen (secondary N) is 1. The second-order valence-electron chi connectivity index (χ2n) is 3.34. The molecule has 0 atom stereocenters. The third-order valence-electron chi connectivity index (χ3n) is 1.72. The van der Waals surface area contributed by atoms with E-state index >= 15 is 0 Å². The number of hydrogen-bond acceptors (Lipinski definition) is 3. The molecular formula is C9H22N2O. The van der Waals surface area contributed by atoms with E-state index in [1.165, 1.54) is 6.42 Å². The van der Waals surface area contributed by atoms with Crippen LogP contribution in [0.2, 0.25) is 0 Å². The van der Waals surface area contributed by atoms with Gasteiger partial charge >= 0.3 is 0 Å². The first-order valence-corrected chi connectivity index (χ1v) is 4.73. The lowest BCUT2D eigenvalue weighted by molar-refractivity contribution is 0.283. The van der Waals surface area contributed by atoms with Crippen LogP contribution in [0.3, 0.4) is 0 Å². The van der Waals surface area contributed by atoms with Crippen molar-refractivity contribution in [1.82, 2.24) is 10.2 Å². The van der Waals surface area contributed by atoms with Gasteiger partial charge in [0.2, 0.25) is 0 Å². The smallest absolute Gasteiger partial charge is 0.0431 e. The molecule has 0 saturated heterocycles. The van der Waals surface area contributed by atoms with Crippen LogP contribution in [0.1, 0.15) is 19.3 Å². The molecule has 0 aliphatic carbocycles. The predicted molar refractivity (Wildman–Crippen MR) is 52.4 cm³/mol. The summed E-state index contributed by atoms with van der Waals surface area (Å²) in [7, 11) is 4.18. The first-order chi connectivity index (χ1) is 5.77. The van der Waals surface area contributed by atoms with Crippen LogP contribution < -0.4 is 5.32 Å². The Morgan fingerprint density at radius 1 is 1.08 bits per heavy atom. The number of nitrogens with zero attached hydrogens (tertiary/aromatic N) is 1. The molecule has 0 unspecified atom stereocenters. The highest BCUT2D eigenvalue weighted by Gasteiger charge is 1.90. The summed E-state index contributed by atoms with van der Waals surface area (Å²) in [5, 5.41) is 11.8. The molecule has 0 rings (SSSR count). The second-order valence-corrected chi connectivity index (χ2v) is 3.34. The Balaban J connectivity index is 2.82. The molecule has 0 aromatic rings. The normalized spacial score (nSPS) is 11.0. The molecule has 0 aromatic heterocycles. The Morgan fingerprint density at radius 2 is 1.75 bits per heavy atom. The van der Waals surface area contributed by atoms with E-state index < -0.39 is 0 Å². The van der Waals surface area contributed by atoms with Crippen LogP contribution in [0.5, 0.6) is 0 Å². The van der Waals surface area contributed by atoms with E-state index in [0.29, 0.717) is 6.61 Å². The van der Waals surface area contributed by atoms with Crippen LogP contribution in [0, 0.1) is 0 Å². The Hall–Kier alpha value is -0.120. The van der Waals surface area contributed by atoms with E-state index in [0.717, 1.165) is 32.5 Å². The minimum absolute atomic E-state index is 0.319. The van der Waals surface area contributed by atoms with Gasteiger partial charge in [0.15, 0.2) is 0 Å². The van der Waals surface area contributed by atoms with Gasteiger partial charge in [-0.25, -0.2) is 0 Å². The van der Waals surface area contributed by atoms with E-state index in [1.54, 1.807) is 0 Å². The van der Waals surface area contributed by atoms with Gasteiger partial charge in [0.1, 0.15) is 0 Å². The molecule has 0 aromatic carbocycles. The summed E-state index contributed by atoms with van der Waals surface area (Å²) in [6.45, 7) is 3.59. The van der Waals surface area contributed by atoms with Gasteiger partial charge in [-0.1, -0.05) is 0 Å². The molecule has 0 saturated carbocycles. The molecule has 0 aliphatic rings. The van der Waals surface area contributed by atoms with Gasteiger partial charge < -0.3 is 15.3 Å². The quantitative estimate of drug-likeness (QED) is 0.520. The lowest BCUT2D eigenvalue weighted by Gasteiger charge is -2.09. The Morgan fingerprint density at radius 3 is 2.33 bits per heavy atom. The van der Waals surface area contributed by atoms with Crippen molar-refractivity contribution in [2.75, 3.05) is 40.3 Å². The highest BCUT2D eigenvalue weighted by atomic mass is 16.2. The van der Waals surface area contributed by atoms with Crippen molar-refractivity contribution >= 4 is 0 Å². The maximum atomic E-state index is 8.51. The molecule has 74 valence electrons. The first kappa shape index (κ1) is 11.9. The fourth-order valence-electron chi connectivity index (χ4n) is 1.01. The molecular weight excluding hydrogens is 152 g/mol. The molecule has 12 heavy (non-hydrogen) atoms. The SMILES string of the molecule is CN(C)CCCNCCCCO. The zero-order chi connectivity index (χ0) is 9.23. The first-order valence-electron chi connectivity index (χ1n) is 4.73. The summed E-state index contributed by atoms with van der Waals surface area (Å²) in [6, 6.07) is 0.